The van der Waals surface area contributed by atoms with Gasteiger partial charge in [0.2, 0.25) is 10.0 Å². The summed E-state index contributed by atoms with van der Waals surface area (Å²) in [6.45, 7) is 0. The molecule has 0 aliphatic rings. The summed E-state index contributed by atoms with van der Waals surface area (Å²) < 4.78 is 82.7. The van der Waals surface area contributed by atoms with Crippen molar-refractivity contribution >= 4 is 33.2 Å². The average molecular weight is 489 g/mol. The summed E-state index contributed by atoms with van der Waals surface area (Å²) >= 11 is 5.78. The number of nitrogens with one attached hydrogen (secondary N) is 1. The second-order valence-corrected chi connectivity index (χ2v) is 8.30. The molecule has 0 radical (unpaired) electrons. The zero-order chi connectivity index (χ0) is 23.7. The van der Waals surface area contributed by atoms with Crippen LogP contribution in [0.5, 0.6) is 11.5 Å². The highest BCUT2D eigenvalue weighted by atomic mass is 35.5. The first kappa shape index (κ1) is 23.5. The fraction of sp³-hybridized carbons (Fsp3) is 0.0500. The number of benzene rings is 3. The van der Waals surface area contributed by atoms with Gasteiger partial charge < -0.3 is 10.1 Å². The third-order valence-corrected chi connectivity index (χ3v) is 5.39. The summed E-state index contributed by atoms with van der Waals surface area (Å²) in [5.41, 5.74) is -1.90. The summed E-state index contributed by atoms with van der Waals surface area (Å²) in [4.78, 5) is 12.5. The lowest BCUT2D eigenvalue weighted by molar-refractivity contribution is -0.138. The van der Waals surface area contributed by atoms with Gasteiger partial charge in [-0.15, -0.1) is 0 Å². The molecule has 0 aromatic heterocycles. The molecular formula is C20H13ClF4N2O4S. The first-order chi connectivity index (χ1) is 14.9. The Morgan fingerprint density at radius 3 is 2.34 bits per heavy atom. The van der Waals surface area contributed by atoms with Gasteiger partial charge in [0.25, 0.3) is 5.91 Å². The van der Waals surface area contributed by atoms with Gasteiger partial charge in [-0.05, 0) is 42.5 Å². The van der Waals surface area contributed by atoms with Gasteiger partial charge in [0.05, 0.1) is 16.0 Å². The largest absolute Gasteiger partial charge is 0.454 e. The molecule has 32 heavy (non-hydrogen) atoms. The maximum Gasteiger partial charge on any atom is 0.420 e. The molecular weight excluding hydrogens is 476 g/mol. The Morgan fingerprint density at radius 1 is 1.03 bits per heavy atom. The third kappa shape index (κ3) is 5.18. The molecule has 0 heterocycles. The predicted molar refractivity (Wildman–Crippen MR) is 109 cm³/mol. The fourth-order valence-corrected chi connectivity index (χ4v) is 3.40. The molecule has 1 amide bonds. The van der Waals surface area contributed by atoms with E-state index in [1.54, 1.807) is 0 Å². The van der Waals surface area contributed by atoms with E-state index in [0.29, 0.717) is 6.07 Å². The van der Waals surface area contributed by atoms with Gasteiger partial charge in [0.15, 0.2) is 5.75 Å². The van der Waals surface area contributed by atoms with Gasteiger partial charge in [0.1, 0.15) is 16.6 Å². The molecule has 0 atom stereocenters. The zero-order valence-electron chi connectivity index (χ0n) is 15.8. The second kappa shape index (κ2) is 8.77. The van der Waals surface area contributed by atoms with Crippen molar-refractivity contribution in [3.05, 3.63) is 82.6 Å². The SMILES string of the molecule is NS(=O)(=O)c1cccc(NC(=O)c2cccc(C(F)(F)F)c2Oc2cccc(F)c2Cl)c1. The Bertz CT molecular complexity index is 1300. The van der Waals surface area contributed by atoms with Crippen LogP contribution in [0.15, 0.2) is 65.6 Å². The number of sulfonamides is 1. The highest BCUT2D eigenvalue weighted by Gasteiger charge is 2.37. The van der Waals surface area contributed by atoms with Gasteiger partial charge in [-0.3, -0.25) is 4.79 Å². The van der Waals surface area contributed by atoms with E-state index in [9.17, 15) is 30.8 Å². The normalized spacial score (nSPS) is 11.8. The van der Waals surface area contributed by atoms with Crippen molar-refractivity contribution in [3.63, 3.8) is 0 Å². The van der Waals surface area contributed by atoms with Crippen LogP contribution in [-0.2, 0) is 16.2 Å². The van der Waals surface area contributed by atoms with Crippen LogP contribution in [0.2, 0.25) is 5.02 Å². The highest BCUT2D eigenvalue weighted by molar-refractivity contribution is 7.89. The number of rotatable bonds is 5. The van der Waals surface area contributed by atoms with Crippen molar-refractivity contribution < 1.29 is 35.5 Å². The number of ether oxygens (including phenoxy) is 1. The maximum atomic E-state index is 13.7. The van der Waals surface area contributed by atoms with Gasteiger partial charge in [0, 0.05) is 5.69 Å². The van der Waals surface area contributed by atoms with Crippen molar-refractivity contribution in [1.29, 1.82) is 0 Å². The van der Waals surface area contributed by atoms with E-state index >= 15 is 0 Å². The standard InChI is InChI=1S/C20H13ClF4N2O4S/c21-17-15(22)8-3-9-16(17)31-18-13(6-2-7-14(18)20(23,24)25)19(28)27-11-4-1-5-12(10-11)32(26,29)30/h1-10H,(H,27,28)(H2,26,29,30). The summed E-state index contributed by atoms with van der Waals surface area (Å²) in [6, 6.07) is 10.8. The van der Waals surface area contributed by atoms with Crippen LogP contribution in [-0.4, -0.2) is 14.3 Å². The first-order valence-electron chi connectivity index (χ1n) is 8.64. The number of anilines is 1. The van der Waals surface area contributed by atoms with Crippen LogP contribution in [0.3, 0.4) is 0 Å². The van der Waals surface area contributed by atoms with E-state index in [4.69, 9.17) is 21.5 Å². The molecule has 3 aromatic carbocycles. The molecule has 0 saturated heterocycles. The smallest absolute Gasteiger partial charge is 0.420 e. The van der Waals surface area contributed by atoms with Crippen molar-refractivity contribution in [1.82, 2.24) is 0 Å². The van der Waals surface area contributed by atoms with Crippen molar-refractivity contribution in [2.24, 2.45) is 5.14 Å². The van der Waals surface area contributed by atoms with Crippen molar-refractivity contribution in [2.75, 3.05) is 5.32 Å². The maximum absolute atomic E-state index is 13.7. The lowest BCUT2D eigenvalue weighted by Crippen LogP contribution is -2.17. The molecule has 6 nitrogen and oxygen atoms in total. The van der Waals surface area contributed by atoms with Crippen molar-refractivity contribution in [3.8, 4) is 11.5 Å². The van der Waals surface area contributed by atoms with Crippen LogP contribution in [0, 0.1) is 5.82 Å². The van der Waals surface area contributed by atoms with Crippen molar-refractivity contribution in [2.45, 2.75) is 11.1 Å². The molecule has 0 aliphatic heterocycles. The molecule has 0 aliphatic carbocycles. The number of para-hydroxylation sites is 1. The van der Waals surface area contributed by atoms with E-state index in [1.165, 1.54) is 24.3 Å². The molecule has 168 valence electrons. The van der Waals surface area contributed by atoms with Gasteiger partial charge in [-0.25, -0.2) is 17.9 Å². The molecule has 3 N–H and O–H groups in total. The lowest BCUT2D eigenvalue weighted by atomic mass is 10.1. The number of hydrogen-bond acceptors (Lipinski definition) is 4. The Kier molecular flexibility index (Phi) is 6.44. The molecule has 12 heteroatoms. The Hall–Kier alpha value is -3.15. The second-order valence-electron chi connectivity index (χ2n) is 6.36. The molecule has 3 aromatic rings. The van der Waals surface area contributed by atoms with E-state index in [-0.39, 0.29) is 10.6 Å². The van der Waals surface area contributed by atoms with Crippen LogP contribution in [0.4, 0.5) is 23.2 Å². The summed E-state index contributed by atoms with van der Waals surface area (Å²) in [5, 5.41) is 6.76. The number of halogens is 5. The van der Waals surface area contributed by atoms with E-state index in [0.717, 1.165) is 30.3 Å². The monoisotopic (exact) mass is 488 g/mol. The average Bonchev–Trinajstić information content (AvgIpc) is 2.70. The van der Waals surface area contributed by atoms with Crippen LogP contribution in [0.1, 0.15) is 15.9 Å². The number of nitrogens with two attached hydrogens (primary N) is 1. The van der Waals surface area contributed by atoms with Gasteiger partial charge in [-0.2, -0.15) is 13.2 Å². The number of primary sulfonamides is 1. The number of alkyl halides is 3. The molecule has 0 fully saturated rings. The molecule has 0 bridgehead atoms. The highest BCUT2D eigenvalue weighted by Crippen LogP contribution is 2.42. The Morgan fingerprint density at radius 2 is 1.69 bits per heavy atom. The van der Waals surface area contributed by atoms with E-state index in [1.807, 2.05) is 0 Å². The Balaban J connectivity index is 2.06. The molecule has 0 spiro atoms. The number of amides is 1. The molecule has 0 saturated carbocycles. The molecule has 0 unspecified atom stereocenters. The van der Waals surface area contributed by atoms with Crippen LogP contribution in [0.25, 0.3) is 0 Å². The fourth-order valence-electron chi connectivity index (χ4n) is 2.67. The van der Waals surface area contributed by atoms with Crippen LogP contribution < -0.4 is 15.2 Å². The topological polar surface area (TPSA) is 98.5 Å². The molecule has 3 rings (SSSR count). The zero-order valence-corrected chi connectivity index (χ0v) is 17.4. The minimum Gasteiger partial charge on any atom is -0.454 e. The quantitative estimate of drug-likeness (QED) is 0.483. The number of hydrogen-bond donors (Lipinski definition) is 2. The third-order valence-electron chi connectivity index (χ3n) is 4.11. The minimum absolute atomic E-state index is 0.0475. The summed E-state index contributed by atoms with van der Waals surface area (Å²) in [6.07, 6.45) is -4.92. The minimum atomic E-state index is -4.92. The number of carbonyl (C=O) groups excluding carboxylic acids is 1. The number of carbonyl (C=O) groups is 1. The van der Waals surface area contributed by atoms with E-state index in [2.05, 4.69) is 5.32 Å². The summed E-state index contributed by atoms with van der Waals surface area (Å²) in [7, 11) is -4.08. The lowest BCUT2D eigenvalue weighted by Gasteiger charge is -2.18. The van der Waals surface area contributed by atoms with Gasteiger partial charge >= 0.3 is 6.18 Å². The first-order valence-corrected chi connectivity index (χ1v) is 10.6. The van der Waals surface area contributed by atoms with Gasteiger partial charge in [-0.1, -0.05) is 29.8 Å². The van der Waals surface area contributed by atoms with Crippen LogP contribution >= 0.6 is 11.6 Å². The summed E-state index contributed by atoms with van der Waals surface area (Å²) in [5.74, 6) is -3.33. The van der Waals surface area contributed by atoms with E-state index < -0.39 is 55.6 Å². The predicted octanol–water partition coefficient (Wildman–Crippen LogP) is 5.19. The Labute approximate surface area is 184 Å².